The van der Waals surface area contributed by atoms with Crippen molar-refractivity contribution in [1.29, 1.82) is 0 Å². The van der Waals surface area contributed by atoms with Crippen LogP contribution in [-0.4, -0.2) is 56.4 Å². The molecular formula is C30H37F2NO5S. The summed E-state index contributed by atoms with van der Waals surface area (Å²) >= 11 is 1.26. The first-order valence-electron chi connectivity index (χ1n) is 14.0. The minimum absolute atomic E-state index is 0.00906. The van der Waals surface area contributed by atoms with E-state index in [1.807, 2.05) is 26.8 Å². The molecular weight excluding hydrogens is 524 g/mol. The Morgan fingerprint density at radius 3 is 2.77 bits per heavy atom. The van der Waals surface area contributed by atoms with Crippen molar-refractivity contribution in [2.75, 3.05) is 6.54 Å². The quantitative estimate of drug-likeness (QED) is 0.518. The van der Waals surface area contributed by atoms with E-state index in [-0.39, 0.29) is 46.4 Å². The van der Waals surface area contributed by atoms with Gasteiger partial charge in [-0.25, -0.2) is 8.78 Å². The van der Waals surface area contributed by atoms with Gasteiger partial charge in [0.25, 0.3) is 0 Å². The molecule has 1 N–H and O–H groups in total. The zero-order valence-corrected chi connectivity index (χ0v) is 23.7. The molecule has 39 heavy (non-hydrogen) atoms. The van der Waals surface area contributed by atoms with Gasteiger partial charge < -0.3 is 9.52 Å². The lowest BCUT2D eigenvalue weighted by Gasteiger charge is -2.63. The number of furan rings is 1. The minimum Gasteiger partial charge on any atom is -0.472 e. The van der Waals surface area contributed by atoms with Crippen LogP contribution in [0.5, 0.6) is 0 Å². The lowest BCUT2D eigenvalue weighted by molar-refractivity contribution is -0.266. The van der Waals surface area contributed by atoms with Crippen LogP contribution in [-0.2, 0) is 21.0 Å². The van der Waals surface area contributed by atoms with E-state index in [1.165, 1.54) is 30.0 Å². The van der Waals surface area contributed by atoms with Gasteiger partial charge in [0, 0.05) is 40.0 Å². The molecule has 4 aliphatic carbocycles. The minimum atomic E-state index is -2.17. The van der Waals surface area contributed by atoms with E-state index in [0.29, 0.717) is 19.5 Å². The van der Waals surface area contributed by atoms with Crippen LogP contribution in [0.3, 0.4) is 0 Å². The van der Waals surface area contributed by atoms with Crippen molar-refractivity contribution in [1.82, 2.24) is 5.06 Å². The van der Waals surface area contributed by atoms with Crippen LogP contribution in [0.2, 0.25) is 0 Å². The summed E-state index contributed by atoms with van der Waals surface area (Å²) in [5.74, 6) is -1.81. The van der Waals surface area contributed by atoms with E-state index in [1.54, 1.807) is 24.5 Å². The van der Waals surface area contributed by atoms with Crippen molar-refractivity contribution >= 4 is 22.7 Å². The van der Waals surface area contributed by atoms with Crippen LogP contribution in [0.15, 0.2) is 46.8 Å². The maximum atomic E-state index is 17.6. The van der Waals surface area contributed by atoms with Gasteiger partial charge in [0.2, 0.25) is 5.12 Å². The van der Waals surface area contributed by atoms with Crippen molar-refractivity contribution in [2.24, 2.45) is 28.6 Å². The van der Waals surface area contributed by atoms with Crippen LogP contribution in [0.1, 0.15) is 58.9 Å². The van der Waals surface area contributed by atoms with Crippen LogP contribution >= 0.6 is 11.8 Å². The Hall–Kier alpha value is -1.81. The molecule has 4 fully saturated rings. The Bertz CT molecular complexity index is 1240. The average Bonchev–Trinajstić information content (AvgIpc) is 3.58. The molecule has 1 saturated heterocycles. The molecule has 5 aliphatic rings. The first-order valence-corrected chi connectivity index (χ1v) is 14.9. The number of hydrogen-bond acceptors (Lipinski definition) is 7. The van der Waals surface area contributed by atoms with Crippen molar-refractivity contribution in [3.8, 4) is 0 Å². The number of aliphatic hydroxyl groups excluding tert-OH is 1. The molecule has 212 valence electrons. The van der Waals surface area contributed by atoms with E-state index in [4.69, 9.17) is 9.25 Å². The molecule has 0 spiro atoms. The highest BCUT2D eigenvalue weighted by molar-refractivity contribution is 8.14. The SMILES string of the molecule is CCC(C)SC(=O)[C@@]12ON(Cc3ccoc3)C[C@@H]1C[C@H]1[C@@H]3C[C@H](F)C4=CC(=O)C=C[C@]4(C)[C@@]3(F)[C@@H](O)C[C@@]12C. The fourth-order valence-electron chi connectivity index (χ4n) is 8.70. The Morgan fingerprint density at radius 2 is 2.08 bits per heavy atom. The maximum Gasteiger partial charge on any atom is 0.224 e. The molecule has 1 aliphatic heterocycles. The number of rotatable bonds is 5. The van der Waals surface area contributed by atoms with Gasteiger partial charge in [-0.1, -0.05) is 38.6 Å². The molecule has 1 aromatic rings. The summed E-state index contributed by atoms with van der Waals surface area (Å²) in [5, 5.41) is 13.5. The van der Waals surface area contributed by atoms with E-state index in [9.17, 15) is 14.7 Å². The summed E-state index contributed by atoms with van der Waals surface area (Å²) in [6, 6.07) is 1.85. The van der Waals surface area contributed by atoms with Gasteiger partial charge in [-0.05, 0) is 62.3 Å². The number of aliphatic hydroxyl groups is 1. The molecule has 10 atom stereocenters. The number of nitrogens with zero attached hydrogens (tertiary/aromatic N) is 1. The number of thioether (sulfide) groups is 1. The third-order valence-corrected chi connectivity index (χ3v) is 12.1. The van der Waals surface area contributed by atoms with Crippen LogP contribution in [0.25, 0.3) is 0 Å². The average molecular weight is 562 g/mol. The monoisotopic (exact) mass is 561 g/mol. The van der Waals surface area contributed by atoms with Gasteiger partial charge in [-0.15, -0.1) is 0 Å². The van der Waals surface area contributed by atoms with E-state index in [2.05, 4.69) is 0 Å². The number of alkyl halides is 2. The Kier molecular flexibility index (Phi) is 6.38. The topological polar surface area (TPSA) is 80.0 Å². The Balaban J connectivity index is 1.42. The highest BCUT2D eigenvalue weighted by atomic mass is 32.2. The predicted molar refractivity (Wildman–Crippen MR) is 143 cm³/mol. The first kappa shape index (κ1) is 27.4. The third kappa shape index (κ3) is 3.55. The van der Waals surface area contributed by atoms with Gasteiger partial charge in [-0.2, -0.15) is 5.06 Å². The first-order chi connectivity index (χ1) is 18.4. The molecule has 9 heteroatoms. The Labute approximate surface area is 232 Å². The number of hydroxylamine groups is 2. The molecule has 6 nitrogen and oxygen atoms in total. The van der Waals surface area contributed by atoms with Crippen molar-refractivity contribution in [3.63, 3.8) is 0 Å². The number of fused-ring (bicyclic) bond motifs is 7. The largest absolute Gasteiger partial charge is 0.472 e. The van der Waals surface area contributed by atoms with E-state index < -0.39 is 40.3 Å². The number of hydrogen-bond donors (Lipinski definition) is 1. The standard InChI is InChI=1S/C30H37F2NO5S/c1-5-17(2)39-26(36)30-19(15-33(38-30)14-18-7-9-37-16-18)10-21-22-12-24(31)23-11-20(34)6-8-27(23,3)29(22,32)25(35)13-28(21,30)4/h6-9,11,16-17,19,21-22,24-25,35H,5,10,12-15H2,1-4H3/t17?,19-,21-,22-,24-,25-,27-,28-,29-,30-/m0/s1. The number of halogens is 2. The lowest BCUT2D eigenvalue weighted by Crippen LogP contribution is -2.70. The number of ketones is 1. The van der Waals surface area contributed by atoms with E-state index in [0.717, 1.165) is 12.0 Å². The highest BCUT2D eigenvalue weighted by Gasteiger charge is 2.79. The van der Waals surface area contributed by atoms with Crippen molar-refractivity contribution < 1.29 is 32.7 Å². The smallest absolute Gasteiger partial charge is 0.224 e. The van der Waals surface area contributed by atoms with E-state index >= 15 is 8.78 Å². The van der Waals surface area contributed by atoms with Gasteiger partial charge in [-0.3, -0.25) is 14.4 Å². The molecule has 0 amide bonds. The third-order valence-electron chi connectivity index (χ3n) is 10.8. The van der Waals surface area contributed by atoms with Gasteiger partial charge in [0.05, 0.1) is 25.2 Å². The summed E-state index contributed by atoms with van der Waals surface area (Å²) < 4.78 is 38.6. The molecule has 3 saturated carbocycles. The number of allylic oxidation sites excluding steroid dienone is 4. The number of carbonyl (C=O) groups is 2. The zero-order valence-electron chi connectivity index (χ0n) is 22.9. The summed E-state index contributed by atoms with van der Waals surface area (Å²) in [5.41, 5.74) is -4.77. The summed E-state index contributed by atoms with van der Waals surface area (Å²) in [6.07, 6.45) is 5.38. The fraction of sp³-hybridized carbons (Fsp3) is 0.667. The predicted octanol–water partition coefficient (Wildman–Crippen LogP) is 5.37. The summed E-state index contributed by atoms with van der Waals surface area (Å²) in [7, 11) is 0. The fourth-order valence-corrected chi connectivity index (χ4v) is 9.84. The van der Waals surface area contributed by atoms with Gasteiger partial charge >= 0.3 is 0 Å². The molecule has 0 aromatic carbocycles. The molecule has 0 bridgehead atoms. The Morgan fingerprint density at radius 1 is 1.31 bits per heavy atom. The summed E-state index contributed by atoms with van der Waals surface area (Å²) in [4.78, 5) is 33.0. The highest BCUT2D eigenvalue weighted by Crippen LogP contribution is 2.73. The van der Waals surface area contributed by atoms with Crippen LogP contribution in [0, 0.1) is 28.6 Å². The number of carbonyl (C=O) groups excluding carboxylic acids is 2. The second-order valence-corrected chi connectivity index (χ2v) is 14.1. The molecule has 6 rings (SSSR count). The molecule has 2 heterocycles. The summed E-state index contributed by atoms with van der Waals surface area (Å²) in [6.45, 7) is 8.49. The zero-order chi connectivity index (χ0) is 28.0. The van der Waals surface area contributed by atoms with Crippen LogP contribution < -0.4 is 0 Å². The molecule has 1 unspecified atom stereocenters. The van der Waals surface area contributed by atoms with Gasteiger partial charge in [0.1, 0.15) is 6.17 Å². The molecule has 1 aromatic heterocycles. The lowest BCUT2D eigenvalue weighted by atomic mass is 9.44. The normalized spacial score (nSPS) is 45.8. The van der Waals surface area contributed by atoms with Crippen molar-refractivity contribution in [2.45, 2.75) is 88.7 Å². The van der Waals surface area contributed by atoms with Crippen LogP contribution in [0.4, 0.5) is 8.78 Å². The van der Waals surface area contributed by atoms with Crippen molar-refractivity contribution in [3.05, 3.63) is 48.0 Å². The molecule has 0 radical (unpaired) electrons. The second kappa shape index (κ2) is 9.10. The second-order valence-electron chi connectivity index (χ2n) is 12.7. The maximum absolute atomic E-state index is 17.6. The van der Waals surface area contributed by atoms with Gasteiger partial charge in [0.15, 0.2) is 17.1 Å².